The highest BCUT2D eigenvalue weighted by molar-refractivity contribution is 9.08. The second kappa shape index (κ2) is 7.09. The van der Waals surface area contributed by atoms with Gasteiger partial charge in [-0.25, -0.2) is 0 Å². The molecule has 16 heavy (non-hydrogen) atoms. The van der Waals surface area contributed by atoms with Crippen LogP contribution in [0.1, 0.15) is 11.1 Å². The summed E-state index contributed by atoms with van der Waals surface area (Å²) >= 11 is 3.45. The van der Waals surface area contributed by atoms with Gasteiger partial charge in [-0.3, -0.25) is 0 Å². The van der Waals surface area contributed by atoms with Gasteiger partial charge in [-0.2, -0.15) is 0 Å². The van der Waals surface area contributed by atoms with E-state index in [4.69, 9.17) is 9.16 Å². The average molecular weight is 302 g/mol. The summed E-state index contributed by atoms with van der Waals surface area (Å²) in [6.45, 7) is 7.63. The van der Waals surface area contributed by atoms with E-state index in [0.29, 0.717) is 13.2 Å². The highest BCUT2D eigenvalue weighted by Crippen LogP contribution is 2.18. The number of aryl methyl sites for hydroxylation is 1. The van der Waals surface area contributed by atoms with Gasteiger partial charge in [0.2, 0.25) is 9.04 Å². The van der Waals surface area contributed by atoms with Gasteiger partial charge in [0, 0.05) is 5.33 Å². The number of hydrogen-bond acceptors (Lipinski definition) is 2. The largest absolute Gasteiger partial charge is 0.491 e. The van der Waals surface area contributed by atoms with Crippen molar-refractivity contribution >= 4 is 25.0 Å². The van der Waals surface area contributed by atoms with Gasteiger partial charge in [-0.05, 0) is 43.3 Å². The van der Waals surface area contributed by atoms with E-state index in [2.05, 4.69) is 54.1 Å². The third-order valence-corrected chi connectivity index (χ3v) is 3.44. The van der Waals surface area contributed by atoms with Gasteiger partial charge in [0.1, 0.15) is 12.4 Å². The Bertz CT molecular complexity index is 329. The number of benzene rings is 1. The highest BCUT2D eigenvalue weighted by Gasteiger charge is 2.00. The lowest BCUT2D eigenvalue weighted by Gasteiger charge is -2.10. The van der Waals surface area contributed by atoms with Crippen molar-refractivity contribution in [1.29, 1.82) is 0 Å². The van der Waals surface area contributed by atoms with Crippen LogP contribution in [0.3, 0.4) is 0 Å². The van der Waals surface area contributed by atoms with Crippen molar-refractivity contribution in [2.45, 2.75) is 25.3 Å². The number of halogens is 1. The zero-order valence-corrected chi connectivity index (χ0v) is 12.6. The topological polar surface area (TPSA) is 18.5 Å². The van der Waals surface area contributed by atoms with Gasteiger partial charge in [0.05, 0.1) is 6.61 Å². The Hall–Kier alpha value is -0.323. The first-order valence-corrected chi connectivity index (χ1v) is 8.87. The van der Waals surface area contributed by atoms with E-state index in [0.717, 1.165) is 11.1 Å². The minimum Gasteiger partial charge on any atom is -0.491 e. The Morgan fingerprint density at radius 1 is 1.19 bits per heavy atom. The maximum absolute atomic E-state index is 5.65. The molecule has 2 nitrogen and oxygen atoms in total. The number of alkyl halides is 1. The molecule has 0 aliphatic heterocycles. The third-order valence-electron chi connectivity index (χ3n) is 2.01. The molecule has 0 amide bonds. The molecule has 0 saturated heterocycles. The van der Waals surface area contributed by atoms with Crippen LogP contribution in [0.15, 0.2) is 18.2 Å². The Balaban J connectivity index is 2.44. The number of ether oxygens (including phenoxy) is 1. The lowest BCUT2D eigenvalue weighted by atomic mass is 10.1. The molecule has 89 valence electrons. The fourth-order valence-electron chi connectivity index (χ4n) is 1.39. The Morgan fingerprint density at radius 2 is 1.94 bits per heavy atom. The number of hydrogen-bond donors (Lipinski definition) is 0. The van der Waals surface area contributed by atoms with E-state index in [1.165, 1.54) is 11.1 Å². The zero-order valence-electron chi connectivity index (χ0n) is 10.0. The fraction of sp³-hybridized carbons (Fsp3) is 0.500. The minimum absolute atomic E-state index is 0.597. The van der Waals surface area contributed by atoms with Gasteiger partial charge < -0.3 is 9.16 Å². The van der Waals surface area contributed by atoms with Crippen LogP contribution in [-0.4, -0.2) is 22.3 Å². The molecule has 1 rings (SSSR count). The van der Waals surface area contributed by atoms with E-state index in [1.807, 2.05) is 0 Å². The van der Waals surface area contributed by atoms with Gasteiger partial charge in [0.25, 0.3) is 0 Å². The molecule has 0 aliphatic carbocycles. The molecule has 0 bridgehead atoms. The van der Waals surface area contributed by atoms with Crippen LogP contribution < -0.4 is 4.74 Å². The summed E-state index contributed by atoms with van der Waals surface area (Å²) in [7, 11) is -0.597. The maximum atomic E-state index is 5.65. The summed E-state index contributed by atoms with van der Waals surface area (Å²) in [5.41, 5.74) is 2.47. The summed E-state index contributed by atoms with van der Waals surface area (Å²) in [5, 5.41) is 0.860. The van der Waals surface area contributed by atoms with Crippen LogP contribution in [0.5, 0.6) is 5.75 Å². The second-order valence-electron chi connectivity index (χ2n) is 3.89. The van der Waals surface area contributed by atoms with Crippen molar-refractivity contribution in [3.05, 3.63) is 29.3 Å². The molecule has 1 radical (unpaired) electrons. The van der Waals surface area contributed by atoms with Crippen molar-refractivity contribution < 1.29 is 9.16 Å². The minimum atomic E-state index is -0.597. The van der Waals surface area contributed by atoms with E-state index >= 15 is 0 Å². The average Bonchev–Trinajstić information content (AvgIpc) is 2.23. The molecule has 0 atom stereocenters. The first-order valence-electron chi connectivity index (χ1n) is 5.34. The van der Waals surface area contributed by atoms with Crippen LogP contribution in [0.25, 0.3) is 0 Å². The molecule has 0 saturated carbocycles. The summed E-state index contributed by atoms with van der Waals surface area (Å²) in [6.07, 6.45) is 0. The van der Waals surface area contributed by atoms with Crippen LogP contribution in [-0.2, 0) is 9.76 Å². The van der Waals surface area contributed by atoms with Crippen LogP contribution >= 0.6 is 15.9 Å². The fourth-order valence-corrected chi connectivity index (χ4v) is 2.21. The third kappa shape index (κ3) is 5.14. The van der Waals surface area contributed by atoms with Gasteiger partial charge in [-0.1, -0.05) is 22.0 Å². The Morgan fingerprint density at radius 3 is 2.56 bits per heavy atom. The lowest BCUT2D eigenvalue weighted by molar-refractivity contribution is 0.219. The molecular formula is C12H18BrO2Si. The van der Waals surface area contributed by atoms with Crippen LogP contribution in [0.4, 0.5) is 0 Å². The smallest absolute Gasteiger partial charge is 0.205 e. The quantitative estimate of drug-likeness (QED) is 0.454. The summed E-state index contributed by atoms with van der Waals surface area (Å²) in [5.74, 6) is 0.930. The molecule has 0 aliphatic rings. The molecule has 0 aromatic heterocycles. The molecule has 1 aromatic rings. The van der Waals surface area contributed by atoms with Crippen molar-refractivity contribution in [2.75, 3.05) is 13.2 Å². The Labute approximate surface area is 108 Å². The Kier molecular flexibility index (Phi) is 6.09. The molecule has 0 spiro atoms. The van der Waals surface area contributed by atoms with Crippen molar-refractivity contribution in [3.63, 3.8) is 0 Å². The molecule has 0 fully saturated rings. The lowest BCUT2D eigenvalue weighted by Crippen LogP contribution is -2.14. The van der Waals surface area contributed by atoms with Crippen molar-refractivity contribution in [3.8, 4) is 5.75 Å². The SMILES string of the molecule is Cc1cc(CBr)cc(OCCO[Si](C)C)c1. The molecule has 4 heteroatoms. The van der Waals surface area contributed by atoms with Gasteiger partial charge in [-0.15, -0.1) is 0 Å². The first kappa shape index (κ1) is 13.7. The van der Waals surface area contributed by atoms with Crippen LogP contribution in [0, 0.1) is 6.92 Å². The molecule has 0 N–H and O–H groups in total. The first-order chi connectivity index (χ1) is 7.61. The van der Waals surface area contributed by atoms with E-state index in [1.54, 1.807) is 0 Å². The van der Waals surface area contributed by atoms with E-state index in [-0.39, 0.29) is 0 Å². The normalized spacial score (nSPS) is 10.8. The second-order valence-corrected chi connectivity index (χ2v) is 6.56. The number of rotatable bonds is 6. The summed E-state index contributed by atoms with van der Waals surface area (Å²) < 4.78 is 11.2. The van der Waals surface area contributed by atoms with E-state index < -0.39 is 9.04 Å². The summed E-state index contributed by atoms with van der Waals surface area (Å²) in [6, 6.07) is 6.26. The molecule has 0 heterocycles. The predicted molar refractivity (Wildman–Crippen MR) is 72.7 cm³/mol. The highest BCUT2D eigenvalue weighted by atomic mass is 79.9. The van der Waals surface area contributed by atoms with E-state index in [9.17, 15) is 0 Å². The van der Waals surface area contributed by atoms with Gasteiger partial charge in [0.15, 0.2) is 0 Å². The van der Waals surface area contributed by atoms with Crippen LogP contribution in [0.2, 0.25) is 13.1 Å². The van der Waals surface area contributed by atoms with Crippen molar-refractivity contribution in [2.24, 2.45) is 0 Å². The molecular weight excluding hydrogens is 284 g/mol. The van der Waals surface area contributed by atoms with Crippen molar-refractivity contribution in [1.82, 2.24) is 0 Å². The monoisotopic (exact) mass is 301 g/mol. The maximum Gasteiger partial charge on any atom is 0.205 e. The zero-order chi connectivity index (χ0) is 12.0. The van der Waals surface area contributed by atoms with Gasteiger partial charge >= 0.3 is 0 Å². The summed E-state index contributed by atoms with van der Waals surface area (Å²) in [4.78, 5) is 0. The molecule has 0 unspecified atom stereocenters. The standard InChI is InChI=1S/C12H18BrO2Si/c1-10-6-11(9-13)8-12(7-10)14-4-5-15-16(2)3/h6-8H,4-5,9H2,1-3H3. The predicted octanol–water partition coefficient (Wildman–Crippen LogP) is 3.54. The molecule has 1 aromatic carbocycles.